The van der Waals surface area contributed by atoms with Crippen molar-refractivity contribution in [3.8, 4) is 11.5 Å². The van der Waals surface area contributed by atoms with Crippen molar-refractivity contribution in [1.29, 1.82) is 0 Å². The zero-order valence-corrected chi connectivity index (χ0v) is 16.0. The molecule has 142 valence electrons. The molecule has 0 unspecified atom stereocenters. The Kier molecular flexibility index (Phi) is 4.98. The third-order valence-electron chi connectivity index (χ3n) is 5.12. The molecule has 4 rings (SSSR count). The van der Waals surface area contributed by atoms with Gasteiger partial charge in [-0.25, -0.2) is 0 Å². The summed E-state index contributed by atoms with van der Waals surface area (Å²) >= 11 is 5.91. The molecule has 1 amide bonds. The molecule has 1 spiro atoms. The van der Waals surface area contributed by atoms with Gasteiger partial charge in [0.15, 0.2) is 11.5 Å². The minimum absolute atomic E-state index is 0.0481. The second kappa shape index (κ2) is 7.41. The van der Waals surface area contributed by atoms with Crippen molar-refractivity contribution in [1.82, 2.24) is 5.32 Å². The molecule has 1 heterocycles. The van der Waals surface area contributed by atoms with Crippen LogP contribution in [0, 0.1) is 0 Å². The number of carbonyl (C=O) groups excluding carboxylic acids is 1. The number of hydrogen-bond donors (Lipinski definition) is 2. The Morgan fingerprint density at radius 2 is 1.81 bits per heavy atom. The molecule has 2 aliphatic rings. The van der Waals surface area contributed by atoms with Gasteiger partial charge in [0.2, 0.25) is 5.91 Å². The molecule has 2 aromatic rings. The molecule has 2 N–H and O–H groups in total. The van der Waals surface area contributed by atoms with E-state index < -0.39 is 5.79 Å². The largest absolute Gasteiger partial charge is 0.448 e. The first-order chi connectivity index (χ1) is 13.0. The smallest absolute Gasteiger partial charge is 0.251 e. The van der Waals surface area contributed by atoms with Gasteiger partial charge in [-0.05, 0) is 49.6 Å². The molecule has 1 fully saturated rings. The van der Waals surface area contributed by atoms with Crippen LogP contribution in [0.1, 0.15) is 44.2 Å². The van der Waals surface area contributed by atoms with Gasteiger partial charge in [0.05, 0.1) is 6.54 Å². The number of amides is 1. The molecular weight excluding hydrogens is 364 g/mol. The maximum Gasteiger partial charge on any atom is 0.251 e. The van der Waals surface area contributed by atoms with E-state index in [0.717, 1.165) is 37.0 Å². The van der Waals surface area contributed by atoms with Crippen LogP contribution in [0.5, 0.6) is 11.5 Å². The highest BCUT2D eigenvalue weighted by Crippen LogP contribution is 2.47. The fourth-order valence-electron chi connectivity index (χ4n) is 3.61. The van der Waals surface area contributed by atoms with Gasteiger partial charge >= 0.3 is 0 Å². The highest BCUT2D eigenvalue weighted by Gasteiger charge is 2.44. The van der Waals surface area contributed by atoms with Gasteiger partial charge in [0.1, 0.15) is 0 Å². The van der Waals surface area contributed by atoms with Crippen LogP contribution in [-0.4, -0.2) is 18.2 Å². The number of halogens is 1. The van der Waals surface area contributed by atoms with Crippen molar-refractivity contribution in [3.05, 3.63) is 53.1 Å². The second-order valence-electron chi connectivity index (χ2n) is 7.19. The third-order valence-corrected chi connectivity index (χ3v) is 5.38. The first kappa shape index (κ1) is 18.1. The van der Waals surface area contributed by atoms with E-state index in [9.17, 15) is 4.79 Å². The first-order valence-corrected chi connectivity index (χ1v) is 9.72. The zero-order valence-electron chi connectivity index (χ0n) is 15.3. The van der Waals surface area contributed by atoms with Crippen LogP contribution in [0.15, 0.2) is 42.5 Å². The SMILES string of the molecule is C[C@H](NCC(=O)Nc1ccc2c(c1)OC1(CCCC1)O2)c1ccc(Cl)cc1. The third kappa shape index (κ3) is 4.04. The second-order valence-corrected chi connectivity index (χ2v) is 7.62. The van der Waals surface area contributed by atoms with Gasteiger partial charge in [0, 0.05) is 35.7 Å². The molecule has 1 aliphatic carbocycles. The van der Waals surface area contributed by atoms with Crippen LogP contribution >= 0.6 is 11.6 Å². The van der Waals surface area contributed by atoms with E-state index in [1.54, 1.807) is 0 Å². The van der Waals surface area contributed by atoms with Gasteiger partial charge in [-0.3, -0.25) is 4.79 Å². The molecule has 1 atom stereocenters. The number of nitrogens with one attached hydrogen (secondary N) is 2. The Morgan fingerprint density at radius 1 is 1.11 bits per heavy atom. The summed E-state index contributed by atoms with van der Waals surface area (Å²) < 4.78 is 12.0. The van der Waals surface area contributed by atoms with Crippen LogP contribution < -0.4 is 20.1 Å². The lowest BCUT2D eigenvalue weighted by atomic mass is 10.1. The monoisotopic (exact) mass is 386 g/mol. The topological polar surface area (TPSA) is 59.6 Å². The van der Waals surface area contributed by atoms with E-state index in [1.807, 2.05) is 49.4 Å². The van der Waals surface area contributed by atoms with E-state index in [-0.39, 0.29) is 18.5 Å². The quantitative estimate of drug-likeness (QED) is 0.783. The van der Waals surface area contributed by atoms with Gasteiger partial charge in [0.25, 0.3) is 5.79 Å². The Hall–Kier alpha value is -2.24. The zero-order chi connectivity index (χ0) is 18.9. The molecule has 0 bridgehead atoms. The Bertz CT molecular complexity index is 832. The summed E-state index contributed by atoms with van der Waals surface area (Å²) in [4.78, 5) is 12.3. The lowest BCUT2D eigenvalue weighted by molar-refractivity contribution is -0.115. The molecule has 0 aromatic heterocycles. The van der Waals surface area contributed by atoms with Crippen molar-refractivity contribution >= 4 is 23.2 Å². The van der Waals surface area contributed by atoms with Crippen LogP contribution in [0.3, 0.4) is 0 Å². The van der Waals surface area contributed by atoms with E-state index in [4.69, 9.17) is 21.1 Å². The Balaban J connectivity index is 1.32. The minimum Gasteiger partial charge on any atom is -0.448 e. The summed E-state index contributed by atoms with van der Waals surface area (Å²) in [5.41, 5.74) is 1.79. The summed E-state index contributed by atoms with van der Waals surface area (Å²) in [7, 11) is 0. The van der Waals surface area contributed by atoms with Crippen molar-refractivity contribution in [2.75, 3.05) is 11.9 Å². The predicted molar refractivity (Wildman–Crippen MR) is 105 cm³/mol. The number of carbonyl (C=O) groups is 1. The molecule has 1 saturated carbocycles. The summed E-state index contributed by atoms with van der Waals surface area (Å²) in [6.07, 6.45) is 4.07. The Labute approximate surface area is 164 Å². The summed E-state index contributed by atoms with van der Waals surface area (Å²) in [5.74, 6) is 0.868. The number of hydrogen-bond acceptors (Lipinski definition) is 4. The number of rotatable bonds is 5. The number of anilines is 1. The normalized spacial score (nSPS) is 17.9. The minimum atomic E-state index is -0.486. The van der Waals surface area contributed by atoms with E-state index >= 15 is 0 Å². The van der Waals surface area contributed by atoms with Crippen LogP contribution in [0.4, 0.5) is 5.69 Å². The van der Waals surface area contributed by atoms with Gasteiger partial charge in [-0.1, -0.05) is 23.7 Å². The highest BCUT2D eigenvalue weighted by molar-refractivity contribution is 6.30. The molecule has 27 heavy (non-hydrogen) atoms. The lowest BCUT2D eigenvalue weighted by Gasteiger charge is -2.21. The van der Waals surface area contributed by atoms with Crippen molar-refractivity contribution in [2.45, 2.75) is 44.4 Å². The molecule has 6 heteroatoms. The maximum atomic E-state index is 12.3. The van der Waals surface area contributed by atoms with E-state index in [1.165, 1.54) is 0 Å². The van der Waals surface area contributed by atoms with E-state index in [0.29, 0.717) is 16.5 Å². The fraction of sp³-hybridized carbons (Fsp3) is 0.381. The Morgan fingerprint density at radius 3 is 2.56 bits per heavy atom. The van der Waals surface area contributed by atoms with E-state index in [2.05, 4.69) is 10.6 Å². The number of ether oxygens (including phenoxy) is 2. The van der Waals surface area contributed by atoms with Gasteiger partial charge in [-0.2, -0.15) is 0 Å². The first-order valence-electron chi connectivity index (χ1n) is 9.34. The van der Waals surface area contributed by atoms with Crippen LogP contribution in [-0.2, 0) is 4.79 Å². The van der Waals surface area contributed by atoms with Crippen LogP contribution in [0.25, 0.3) is 0 Å². The van der Waals surface area contributed by atoms with Gasteiger partial charge in [-0.15, -0.1) is 0 Å². The molecule has 1 aliphatic heterocycles. The molecular formula is C21H23ClN2O3. The van der Waals surface area contributed by atoms with Crippen molar-refractivity contribution in [2.24, 2.45) is 0 Å². The molecule has 5 nitrogen and oxygen atoms in total. The average Bonchev–Trinajstić information content (AvgIpc) is 3.26. The fourth-order valence-corrected chi connectivity index (χ4v) is 3.74. The van der Waals surface area contributed by atoms with Crippen molar-refractivity contribution in [3.63, 3.8) is 0 Å². The maximum absolute atomic E-state index is 12.3. The van der Waals surface area contributed by atoms with Gasteiger partial charge < -0.3 is 20.1 Å². The molecule has 2 aromatic carbocycles. The van der Waals surface area contributed by atoms with Crippen molar-refractivity contribution < 1.29 is 14.3 Å². The highest BCUT2D eigenvalue weighted by atomic mass is 35.5. The number of fused-ring (bicyclic) bond motifs is 1. The standard InChI is InChI=1S/C21H23ClN2O3/c1-14(15-4-6-16(22)7-5-15)23-13-20(25)24-17-8-9-18-19(12-17)27-21(26-18)10-2-3-11-21/h4-9,12,14,23H,2-3,10-11,13H2,1H3,(H,24,25)/t14-/m0/s1. The average molecular weight is 387 g/mol. The summed E-state index contributed by atoms with van der Waals surface area (Å²) in [6.45, 7) is 2.22. The van der Waals surface area contributed by atoms with Crippen LogP contribution in [0.2, 0.25) is 5.02 Å². The lowest BCUT2D eigenvalue weighted by Crippen LogP contribution is -2.34. The predicted octanol–water partition coefficient (Wildman–Crippen LogP) is 4.67. The number of benzene rings is 2. The molecule has 0 saturated heterocycles. The summed E-state index contributed by atoms with van der Waals surface area (Å²) in [6, 6.07) is 13.2. The summed E-state index contributed by atoms with van der Waals surface area (Å²) in [5, 5.41) is 6.83. The molecule has 0 radical (unpaired) electrons.